The van der Waals surface area contributed by atoms with Gasteiger partial charge in [0.05, 0.1) is 6.54 Å². The molecule has 1 heterocycles. The average Bonchev–Trinajstić information content (AvgIpc) is 2.25. The lowest BCUT2D eigenvalue weighted by Crippen LogP contribution is -2.29. The number of nitrogens with one attached hydrogen (secondary N) is 2. The normalized spacial score (nSPS) is 17.4. The predicted octanol–water partition coefficient (Wildman–Crippen LogP) is 1.63. The Hall–Kier alpha value is -0.540. The van der Waals surface area contributed by atoms with Crippen LogP contribution >= 0.6 is 11.6 Å². The zero-order chi connectivity index (χ0) is 11.1. The van der Waals surface area contributed by atoms with Crippen LogP contribution in [-0.2, 0) is 4.79 Å². The van der Waals surface area contributed by atoms with E-state index in [1.807, 2.05) is 0 Å². The summed E-state index contributed by atoms with van der Waals surface area (Å²) in [5, 5.41) is 6.53. The molecule has 1 rings (SSSR count). The maximum Gasteiger partial charge on any atom is 0.220 e. The summed E-state index contributed by atoms with van der Waals surface area (Å²) in [5.41, 5.74) is 0. The van der Waals surface area contributed by atoms with Gasteiger partial charge in [-0.15, -0.1) is 0 Å². The molecule has 0 aromatic carbocycles. The van der Waals surface area contributed by atoms with E-state index in [-0.39, 0.29) is 5.91 Å². The van der Waals surface area contributed by atoms with Crippen molar-refractivity contribution in [2.75, 3.05) is 19.6 Å². The van der Waals surface area contributed by atoms with E-state index in [1.54, 1.807) is 0 Å². The summed E-state index contributed by atoms with van der Waals surface area (Å²) < 4.78 is 0. The molecular formula is C11H19ClN2O. The first-order chi connectivity index (χ1) is 7.18. The molecule has 1 aliphatic rings. The van der Waals surface area contributed by atoms with Crippen LogP contribution in [0.15, 0.2) is 11.6 Å². The highest BCUT2D eigenvalue weighted by Gasteiger charge is 2.14. The molecular weight excluding hydrogens is 212 g/mol. The Morgan fingerprint density at radius 1 is 1.47 bits per heavy atom. The molecule has 0 unspecified atom stereocenters. The predicted molar refractivity (Wildman–Crippen MR) is 62.8 cm³/mol. The van der Waals surface area contributed by atoms with Crippen molar-refractivity contribution in [2.24, 2.45) is 5.92 Å². The summed E-state index contributed by atoms with van der Waals surface area (Å²) in [6.07, 6.45) is 3.97. The fraction of sp³-hybridized carbons (Fsp3) is 0.727. The van der Waals surface area contributed by atoms with E-state index in [1.165, 1.54) is 12.8 Å². The van der Waals surface area contributed by atoms with Crippen LogP contribution in [0.3, 0.4) is 0 Å². The number of hydrogen-bond donors (Lipinski definition) is 2. The number of hydrogen-bond acceptors (Lipinski definition) is 2. The van der Waals surface area contributed by atoms with Crippen molar-refractivity contribution in [3.05, 3.63) is 11.6 Å². The molecule has 0 saturated carbocycles. The molecule has 0 spiro atoms. The number of carbonyl (C=O) groups is 1. The zero-order valence-corrected chi connectivity index (χ0v) is 9.78. The van der Waals surface area contributed by atoms with Crippen LogP contribution < -0.4 is 10.6 Å². The molecule has 3 nitrogen and oxygen atoms in total. The first-order valence-electron chi connectivity index (χ1n) is 5.49. The van der Waals surface area contributed by atoms with Gasteiger partial charge in [0.1, 0.15) is 0 Å². The summed E-state index contributed by atoms with van der Waals surface area (Å²) >= 11 is 5.55. The smallest absolute Gasteiger partial charge is 0.220 e. The van der Waals surface area contributed by atoms with Gasteiger partial charge in [-0.05, 0) is 38.3 Å². The number of amides is 1. The van der Waals surface area contributed by atoms with Crippen molar-refractivity contribution in [1.82, 2.24) is 10.6 Å². The third-order valence-electron chi connectivity index (χ3n) is 2.72. The van der Waals surface area contributed by atoms with Crippen molar-refractivity contribution in [3.63, 3.8) is 0 Å². The largest absolute Gasteiger partial charge is 0.351 e. The van der Waals surface area contributed by atoms with E-state index in [2.05, 4.69) is 17.2 Å². The van der Waals surface area contributed by atoms with Crippen molar-refractivity contribution in [2.45, 2.75) is 25.7 Å². The van der Waals surface area contributed by atoms with Crippen LogP contribution in [-0.4, -0.2) is 25.5 Å². The molecule has 1 saturated heterocycles. The van der Waals surface area contributed by atoms with E-state index < -0.39 is 0 Å². The highest BCUT2D eigenvalue weighted by molar-refractivity contribution is 6.29. The Bertz CT molecular complexity index is 225. The zero-order valence-electron chi connectivity index (χ0n) is 9.02. The van der Waals surface area contributed by atoms with Crippen LogP contribution in [0.1, 0.15) is 25.7 Å². The number of rotatable bonds is 5. The first kappa shape index (κ1) is 12.5. The lowest BCUT2D eigenvalue weighted by Gasteiger charge is -2.22. The molecule has 86 valence electrons. The van der Waals surface area contributed by atoms with Crippen molar-refractivity contribution < 1.29 is 4.79 Å². The molecule has 15 heavy (non-hydrogen) atoms. The van der Waals surface area contributed by atoms with Gasteiger partial charge >= 0.3 is 0 Å². The monoisotopic (exact) mass is 230 g/mol. The molecule has 0 bridgehead atoms. The SMILES string of the molecule is C=C(Cl)CNC(=O)CCC1CCNCC1. The summed E-state index contributed by atoms with van der Waals surface area (Å²) in [6, 6.07) is 0. The topological polar surface area (TPSA) is 41.1 Å². The molecule has 4 heteroatoms. The summed E-state index contributed by atoms with van der Waals surface area (Å²) in [6.45, 7) is 6.08. The van der Waals surface area contributed by atoms with Crippen LogP contribution in [0.2, 0.25) is 0 Å². The minimum Gasteiger partial charge on any atom is -0.351 e. The van der Waals surface area contributed by atoms with Gasteiger partial charge in [0.2, 0.25) is 5.91 Å². The standard InChI is InChI=1S/C11H19ClN2O/c1-9(12)8-14-11(15)3-2-10-4-6-13-7-5-10/h10,13H,1-8H2,(H,14,15). The van der Waals surface area contributed by atoms with Crippen molar-refractivity contribution >= 4 is 17.5 Å². The Labute approximate surface area is 96.3 Å². The maximum atomic E-state index is 11.4. The molecule has 2 N–H and O–H groups in total. The van der Waals surface area contributed by atoms with E-state index >= 15 is 0 Å². The van der Waals surface area contributed by atoms with E-state index in [4.69, 9.17) is 11.6 Å². The molecule has 0 aromatic heterocycles. The quantitative estimate of drug-likeness (QED) is 0.754. The highest BCUT2D eigenvalue weighted by Crippen LogP contribution is 2.17. The Morgan fingerprint density at radius 2 is 2.13 bits per heavy atom. The fourth-order valence-electron chi connectivity index (χ4n) is 1.79. The Balaban J connectivity index is 2.07. The summed E-state index contributed by atoms with van der Waals surface area (Å²) in [4.78, 5) is 11.4. The average molecular weight is 231 g/mol. The molecule has 1 aliphatic heterocycles. The van der Waals surface area contributed by atoms with Gasteiger partial charge in [-0.1, -0.05) is 18.2 Å². The van der Waals surface area contributed by atoms with Gasteiger partial charge in [0, 0.05) is 11.5 Å². The molecule has 0 radical (unpaired) electrons. The minimum atomic E-state index is 0.0790. The van der Waals surface area contributed by atoms with Gasteiger partial charge < -0.3 is 10.6 Å². The van der Waals surface area contributed by atoms with E-state index in [9.17, 15) is 4.79 Å². The molecule has 0 aromatic rings. The third-order valence-corrected chi connectivity index (χ3v) is 2.85. The van der Waals surface area contributed by atoms with Gasteiger partial charge in [-0.2, -0.15) is 0 Å². The molecule has 1 fully saturated rings. The fourth-order valence-corrected chi connectivity index (χ4v) is 1.86. The van der Waals surface area contributed by atoms with Crippen LogP contribution in [0, 0.1) is 5.92 Å². The molecule has 1 amide bonds. The highest BCUT2D eigenvalue weighted by atomic mass is 35.5. The van der Waals surface area contributed by atoms with Gasteiger partial charge in [0.25, 0.3) is 0 Å². The maximum absolute atomic E-state index is 11.4. The van der Waals surface area contributed by atoms with E-state index in [0.29, 0.717) is 23.9 Å². The third kappa shape index (κ3) is 5.80. The second kappa shape index (κ2) is 6.85. The van der Waals surface area contributed by atoms with Crippen molar-refractivity contribution in [3.8, 4) is 0 Å². The minimum absolute atomic E-state index is 0.0790. The summed E-state index contributed by atoms with van der Waals surface area (Å²) in [5.74, 6) is 0.784. The number of halogens is 1. The van der Waals surface area contributed by atoms with Gasteiger partial charge in [-0.3, -0.25) is 4.79 Å². The van der Waals surface area contributed by atoms with Crippen LogP contribution in [0.4, 0.5) is 0 Å². The summed E-state index contributed by atoms with van der Waals surface area (Å²) in [7, 11) is 0. The second-order valence-corrected chi connectivity index (χ2v) is 4.56. The van der Waals surface area contributed by atoms with Crippen LogP contribution in [0.25, 0.3) is 0 Å². The lowest BCUT2D eigenvalue weighted by atomic mass is 9.93. The second-order valence-electron chi connectivity index (χ2n) is 4.03. The number of carbonyl (C=O) groups excluding carboxylic acids is 1. The Kier molecular flexibility index (Phi) is 5.73. The van der Waals surface area contributed by atoms with Crippen molar-refractivity contribution in [1.29, 1.82) is 0 Å². The first-order valence-corrected chi connectivity index (χ1v) is 5.87. The van der Waals surface area contributed by atoms with Gasteiger partial charge in [0.15, 0.2) is 0 Å². The lowest BCUT2D eigenvalue weighted by molar-refractivity contribution is -0.121. The molecule has 0 aliphatic carbocycles. The van der Waals surface area contributed by atoms with Crippen LogP contribution in [0.5, 0.6) is 0 Å². The van der Waals surface area contributed by atoms with Gasteiger partial charge in [-0.25, -0.2) is 0 Å². The Morgan fingerprint density at radius 3 is 2.73 bits per heavy atom. The molecule has 0 atom stereocenters. The number of piperidine rings is 1. The van der Waals surface area contributed by atoms with E-state index in [0.717, 1.165) is 19.5 Å².